The molecule has 1 heterocycles. The van der Waals surface area contributed by atoms with E-state index in [0.717, 1.165) is 51.4 Å². The Hall–Kier alpha value is -4.16. The summed E-state index contributed by atoms with van der Waals surface area (Å²) in [6, 6.07) is 13.5. The molecule has 49 heavy (non-hydrogen) atoms. The van der Waals surface area contributed by atoms with Gasteiger partial charge in [0.15, 0.2) is 11.4 Å². The molecule has 7 heteroatoms. The highest BCUT2D eigenvalue weighted by molar-refractivity contribution is 6.30. The number of rotatable bonds is 19. The monoisotopic (exact) mass is 684 g/mol. The number of likely N-dealkylation sites (tertiary alicyclic amines) is 1. The van der Waals surface area contributed by atoms with Gasteiger partial charge < -0.3 is 14.5 Å². The summed E-state index contributed by atoms with van der Waals surface area (Å²) in [7, 11) is 1.77. The number of benzene rings is 2. The van der Waals surface area contributed by atoms with E-state index in [2.05, 4.69) is 61.6 Å². The molecule has 1 aliphatic rings. The van der Waals surface area contributed by atoms with E-state index in [1.807, 2.05) is 11.0 Å². The molecule has 0 radical (unpaired) electrons. The van der Waals surface area contributed by atoms with Gasteiger partial charge in [-0.1, -0.05) is 79.3 Å². The predicted octanol–water partition coefficient (Wildman–Crippen LogP) is 9.71. The lowest BCUT2D eigenvalue weighted by molar-refractivity contribution is -0.146. The third kappa shape index (κ3) is 13.7. The fourth-order valence-electron chi connectivity index (χ4n) is 5.54. The number of nitrogens with zero attached hydrogens (tertiary/aromatic N) is 2. The second kappa shape index (κ2) is 21.0. The van der Waals surface area contributed by atoms with E-state index < -0.39 is 5.60 Å². The van der Waals surface area contributed by atoms with Crippen LogP contribution in [0, 0.1) is 0 Å². The van der Waals surface area contributed by atoms with Crippen molar-refractivity contribution in [1.29, 1.82) is 0 Å². The normalized spacial score (nSPS) is 15.4. The van der Waals surface area contributed by atoms with Crippen molar-refractivity contribution in [2.75, 3.05) is 20.1 Å². The largest absolute Gasteiger partial charge is 0.478 e. The van der Waals surface area contributed by atoms with Crippen molar-refractivity contribution in [2.45, 2.75) is 90.2 Å². The molecule has 0 unspecified atom stereocenters. The number of ether oxygens (including phenoxy) is 1. The SMILES string of the molecule is CC/C=C\C/C=C\C/C=C\C/C=C\CCCC=CCC(=O)N1CC[C@H](N(C)C(=O)C(C)(C)Oc2ccc(C(=O)c3ccc(Cl)cc3)cc2)C1. The number of ketones is 1. The molecule has 3 rings (SSSR count). The minimum absolute atomic E-state index is 0.0752. The van der Waals surface area contributed by atoms with Gasteiger partial charge in [-0.25, -0.2) is 0 Å². The summed E-state index contributed by atoms with van der Waals surface area (Å²) in [5, 5.41) is 0.571. The number of unbranched alkanes of at least 4 members (excludes halogenated alkanes) is 2. The maximum absolute atomic E-state index is 13.5. The molecule has 6 nitrogen and oxygen atoms in total. The van der Waals surface area contributed by atoms with Crippen LogP contribution in [0.3, 0.4) is 0 Å². The van der Waals surface area contributed by atoms with Crippen molar-refractivity contribution in [1.82, 2.24) is 9.80 Å². The molecule has 0 spiro atoms. The van der Waals surface area contributed by atoms with E-state index in [0.29, 0.717) is 41.4 Å². The van der Waals surface area contributed by atoms with Crippen LogP contribution in [0.25, 0.3) is 0 Å². The van der Waals surface area contributed by atoms with Crippen molar-refractivity contribution in [3.8, 4) is 5.75 Å². The van der Waals surface area contributed by atoms with Gasteiger partial charge >= 0.3 is 0 Å². The Morgan fingerprint density at radius 1 is 0.816 bits per heavy atom. The molecule has 0 saturated carbocycles. The van der Waals surface area contributed by atoms with Gasteiger partial charge in [-0.15, -0.1) is 0 Å². The minimum atomic E-state index is -1.13. The molecule has 0 aliphatic carbocycles. The second-order valence-electron chi connectivity index (χ2n) is 12.8. The van der Waals surface area contributed by atoms with Crippen molar-refractivity contribution in [3.63, 3.8) is 0 Å². The third-order valence-corrected chi connectivity index (χ3v) is 8.67. The van der Waals surface area contributed by atoms with Gasteiger partial charge in [0, 0.05) is 42.7 Å². The Bertz CT molecular complexity index is 1490. The van der Waals surface area contributed by atoms with Crippen LogP contribution in [0.5, 0.6) is 5.75 Å². The van der Waals surface area contributed by atoms with Gasteiger partial charge in [-0.2, -0.15) is 0 Å². The molecule has 1 atom stereocenters. The number of carbonyl (C=O) groups excluding carboxylic acids is 3. The molecular weight excluding hydrogens is 632 g/mol. The maximum atomic E-state index is 13.5. The second-order valence-corrected chi connectivity index (χ2v) is 13.2. The van der Waals surface area contributed by atoms with Crippen molar-refractivity contribution >= 4 is 29.2 Å². The average molecular weight is 685 g/mol. The Morgan fingerprint density at radius 3 is 1.94 bits per heavy atom. The summed E-state index contributed by atoms with van der Waals surface area (Å²) < 4.78 is 6.10. The average Bonchev–Trinajstić information content (AvgIpc) is 3.60. The standard InChI is InChI=1S/C42H53ClN2O4/c1-5-6-7-8-9-10-11-12-13-14-15-16-17-18-19-20-21-22-39(46)45-32-31-37(33-45)44(4)41(48)42(2,3)49-38-29-25-35(26-30-38)40(47)34-23-27-36(43)28-24-34/h6-7,9-10,12-13,15-16,20-21,23-30,37H,5,8,11,14,17-19,22,31-33H2,1-4H3/b7-6-,10-9-,13-12-,16-15-,21-20?/t37-/m0/s1. The van der Waals surface area contributed by atoms with E-state index in [-0.39, 0.29) is 23.6 Å². The lowest BCUT2D eigenvalue weighted by Gasteiger charge is -2.33. The van der Waals surface area contributed by atoms with Crippen molar-refractivity contribution in [2.24, 2.45) is 0 Å². The third-order valence-electron chi connectivity index (χ3n) is 8.41. The molecule has 1 saturated heterocycles. The lowest BCUT2D eigenvalue weighted by atomic mass is 10.0. The van der Waals surface area contributed by atoms with E-state index >= 15 is 0 Å². The molecule has 1 fully saturated rings. The van der Waals surface area contributed by atoms with Crippen LogP contribution in [0.2, 0.25) is 5.02 Å². The number of hydrogen-bond acceptors (Lipinski definition) is 4. The first kappa shape index (κ1) is 39.3. The van der Waals surface area contributed by atoms with E-state index in [1.165, 1.54) is 0 Å². The van der Waals surface area contributed by atoms with Gasteiger partial charge in [0.1, 0.15) is 5.75 Å². The van der Waals surface area contributed by atoms with E-state index in [4.69, 9.17) is 16.3 Å². The fraction of sp³-hybridized carbons (Fsp3) is 0.405. The molecule has 1 aliphatic heterocycles. The fourth-order valence-corrected chi connectivity index (χ4v) is 5.66. The zero-order valence-corrected chi connectivity index (χ0v) is 30.4. The van der Waals surface area contributed by atoms with Crippen LogP contribution in [0.4, 0.5) is 0 Å². The van der Waals surface area contributed by atoms with E-state index in [1.54, 1.807) is 74.3 Å². The Labute approximate surface area is 298 Å². The minimum Gasteiger partial charge on any atom is -0.478 e. The highest BCUT2D eigenvalue weighted by Crippen LogP contribution is 2.25. The first-order chi connectivity index (χ1) is 23.6. The Morgan fingerprint density at radius 2 is 1.35 bits per heavy atom. The van der Waals surface area contributed by atoms with Gasteiger partial charge in [-0.05, 0) is 114 Å². The smallest absolute Gasteiger partial charge is 0.266 e. The number of carbonyl (C=O) groups is 3. The molecule has 2 aromatic rings. The van der Waals surface area contributed by atoms with Gasteiger partial charge in [-0.3, -0.25) is 14.4 Å². The zero-order chi connectivity index (χ0) is 35.5. The first-order valence-corrected chi connectivity index (χ1v) is 17.9. The van der Waals surface area contributed by atoms with Crippen LogP contribution < -0.4 is 4.74 Å². The number of hydrogen-bond donors (Lipinski definition) is 0. The quantitative estimate of drug-likeness (QED) is 0.0840. The summed E-state index contributed by atoms with van der Waals surface area (Å²) in [6.07, 6.45) is 29.9. The highest BCUT2D eigenvalue weighted by atomic mass is 35.5. The Kier molecular flexibility index (Phi) is 16.9. The summed E-state index contributed by atoms with van der Waals surface area (Å²) in [4.78, 5) is 42.7. The molecule has 2 aromatic carbocycles. The zero-order valence-electron chi connectivity index (χ0n) is 29.7. The number of halogens is 1. The van der Waals surface area contributed by atoms with Gasteiger partial charge in [0.05, 0.1) is 6.04 Å². The number of amides is 2. The van der Waals surface area contributed by atoms with Gasteiger partial charge in [0.2, 0.25) is 5.91 Å². The summed E-state index contributed by atoms with van der Waals surface area (Å²) in [5.41, 5.74) is -0.0713. The summed E-state index contributed by atoms with van der Waals surface area (Å²) in [6.45, 7) is 6.77. The number of allylic oxidation sites excluding steroid dienone is 9. The molecule has 262 valence electrons. The van der Waals surface area contributed by atoms with Crippen molar-refractivity contribution < 1.29 is 19.1 Å². The molecule has 2 amide bonds. The van der Waals surface area contributed by atoms with Crippen LogP contribution in [-0.2, 0) is 9.59 Å². The summed E-state index contributed by atoms with van der Waals surface area (Å²) >= 11 is 5.94. The lowest BCUT2D eigenvalue weighted by Crippen LogP contribution is -2.51. The molecule has 0 aromatic heterocycles. The first-order valence-electron chi connectivity index (χ1n) is 17.5. The van der Waals surface area contributed by atoms with Crippen LogP contribution in [-0.4, -0.2) is 59.2 Å². The van der Waals surface area contributed by atoms with E-state index in [9.17, 15) is 14.4 Å². The van der Waals surface area contributed by atoms with Crippen molar-refractivity contribution in [3.05, 3.63) is 125 Å². The van der Waals surface area contributed by atoms with Gasteiger partial charge in [0.25, 0.3) is 5.91 Å². The molecule has 0 bridgehead atoms. The van der Waals surface area contributed by atoms with Crippen LogP contribution in [0.1, 0.15) is 94.5 Å². The van der Waals surface area contributed by atoms with Crippen LogP contribution in [0.15, 0.2) is 109 Å². The molecule has 0 N–H and O–H groups in total. The number of likely N-dealkylation sites (N-methyl/N-ethyl adjacent to an activating group) is 1. The molecular formula is C42H53ClN2O4. The predicted molar refractivity (Wildman–Crippen MR) is 202 cm³/mol. The topological polar surface area (TPSA) is 66.9 Å². The highest BCUT2D eigenvalue weighted by Gasteiger charge is 2.38. The van der Waals surface area contributed by atoms with Crippen LogP contribution >= 0.6 is 11.6 Å². The maximum Gasteiger partial charge on any atom is 0.266 e. The Balaban J connectivity index is 1.33. The summed E-state index contributed by atoms with van der Waals surface area (Å²) in [5.74, 6) is 0.295.